The summed E-state index contributed by atoms with van der Waals surface area (Å²) in [5.41, 5.74) is 2.35. The fraction of sp³-hybridized carbons (Fsp3) is 0.400. The number of carbonyl (C=O) groups excluding carboxylic acids is 2. The van der Waals surface area contributed by atoms with Crippen molar-refractivity contribution in [3.63, 3.8) is 0 Å². The van der Waals surface area contributed by atoms with Crippen LogP contribution in [0.1, 0.15) is 55.5 Å². The van der Waals surface area contributed by atoms with Crippen LogP contribution in [-0.2, 0) is 4.79 Å². The highest BCUT2D eigenvalue weighted by molar-refractivity contribution is 6.00. The van der Waals surface area contributed by atoms with Gasteiger partial charge in [0, 0.05) is 55.1 Å². The number of anilines is 1. The van der Waals surface area contributed by atoms with Crippen LogP contribution in [-0.4, -0.2) is 45.5 Å². The van der Waals surface area contributed by atoms with E-state index in [2.05, 4.69) is 32.0 Å². The molecule has 4 rings (SSSR count). The molecule has 34 heavy (non-hydrogen) atoms. The van der Waals surface area contributed by atoms with E-state index in [9.17, 15) is 9.59 Å². The largest absolute Gasteiger partial charge is 0.382 e. The molecule has 0 unspecified atom stereocenters. The molecule has 9 heteroatoms. The molecular weight excluding hydrogens is 430 g/mol. The van der Waals surface area contributed by atoms with Gasteiger partial charge in [-0.15, -0.1) is 0 Å². The summed E-state index contributed by atoms with van der Waals surface area (Å²) < 4.78 is 1.84. The Bertz CT molecular complexity index is 1250. The molecule has 1 saturated carbocycles. The summed E-state index contributed by atoms with van der Waals surface area (Å²) in [6.45, 7) is 4.02. The summed E-state index contributed by atoms with van der Waals surface area (Å²) in [5, 5.41) is 19.2. The standard InChI is InChI=1S/C25H29N7O2/c1-15(2)30-21-11-22(32-9-8-18-10-16(12-26)13-29-23(18)32)28-14-20(21)25(34)31-19-6-4-17(5-7-19)24(33)27-3/h8-11,13-15,17,19H,4-7H2,1-3H3,(H,27,33)(H,28,30)(H,31,34). The Morgan fingerprint density at radius 3 is 2.59 bits per heavy atom. The Kier molecular flexibility index (Phi) is 6.77. The summed E-state index contributed by atoms with van der Waals surface area (Å²) in [6, 6.07) is 7.76. The van der Waals surface area contributed by atoms with Gasteiger partial charge in [0.25, 0.3) is 5.91 Å². The van der Waals surface area contributed by atoms with Crippen LogP contribution in [0.2, 0.25) is 0 Å². The number of nitrogens with one attached hydrogen (secondary N) is 3. The number of rotatable bonds is 6. The maximum Gasteiger partial charge on any atom is 0.255 e. The summed E-state index contributed by atoms with van der Waals surface area (Å²) >= 11 is 0. The van der Waals surface area contributed by atoms with Crippen molar-refractivity contribution in [2.45, 2.75) is 51.6 Å². The van der Waals surface area contributed by atoms with Gasteiger partial charge >= 0.3 is 0 Å². The van der Waals surface area contributed by atoms with Crippen molar-refractivity contribution in [1.29, 1.82) is 5.26 Å². The van der Waals surface area contributed by atoms with Crippen molar-refractivity contribution >= 4 is 28.5 Å². The van der Waals surface area contributed by atoms with Crippen LogP contribution in [0.5, 0.6) is 0 Å². The van der Waals surface area contributed by atoms with Crippen LogP contribution in [0.15, 0.2) is 36.8 Å². The first-order valence-electron chi connectivity index (χ1n) is 11.6. The molecule has 9 nitrogen and oxygen atoms in total. The fourth-order valence-corrected chi connectivity index (χ4v) is 4.42. The van der Waals surface area contributed by atoms with Crippen molar-refractivity contribution in [1.82, 2.24) is 25.2 Å². The smallest absolute Gasteiger partial charge is 0.255 e. The molecule has 0 aromatic carbocycles. The molecule has 3 aromatic heterocycles. The first kappa shape index (κ1) is 23.2. The number of nitriles is 1. The molecule has 1 fully saturated rings. The maximum absolute atomic E-state index is 13.1. The van der Waals surface area contributed by atoms with E-state index in [4.69, 9.17) is 5.26 Å². The molecule has 1 aliphatic carbocycles. The van der Waals surface area contributed by atoms with Gasteiger partial charge in [-0.05, 0) is 51.7 Å². The molecule has 3 heterocycles. The van der Waals surface area contributed by atoms with Gasteiger partial charge < -0.3 is 16.0 Å². The number of aromatic nitrogens is 3. The van der Waals surface area contributed by atoms with Crippen molar-refractivity contribution in [2.24, 2.45) is 5.92 Å². The monoisotopic (exact) mass is 459 g/mol. The van der Waals surface area contributed by atoms with Crippen LogP contribution in [0.25, 0.3) is 16.9 Å². The third-order valence-corrected chi connectivity index (χ3v) is 6.16. The van der Waals surface area contributed by atoms with E-state index in [-0.39, 0.29) is 29.8 Å². The van der Waals surface area contributed by atoms with Gasteiger partial charge in [-0.3, -0.25) is 14.2 Å². The number of carbonyl (C=O) groups is 2. The molecule has 176 valence electrons. The Labute approximate surface area is 198 Å². The number of hydrogen-bond donors (Lipinski definition) is 3. The average Bonchev–Trinajstić information content (AvgIpc) is 3.26. The predicted molar refractivity (Wildman–Crippen MR) is 130 cm³/mol. The zero-order valence-corrected chi connectivity index (χ0v) is 19.6. The Balaban J connectivity index is 1.56. The normalized spacial score (nSPS) is 17.9. The third-order valence-electron chi connectivity index (χ3n) is 6.16. The molecule has 0 bridgehead atoms. The van der Waals surface area contributed by atoms with Crippen LogP contribution in [0.3, 0.4) is 0 Å². The van der Waals surface area contributed by atoms with Gasteiger partial charge in [-0.2, -0.15) is 5.26 Å². The van der Waals surface area contributed by atoms with Crippen LogP contribution < -0.4 is 16.0 Å². The van der Waals surface area contributed by atoms with Gasteiger partial charge in [0.15, 0.2) is 0 Å². The number of fused-ring (bicyclic) bond motifs is 1. The number of nitrogens with zero attached hydrogens (tertiary/aromatic N) is 4. The van der Waals surface area contributed by atoms with Crippen LogP contribution in [0.4, 0.5) is 5.69 Å². The lowest BCUT2D eigenvalue weighted by molar-refractivity contribution is -0.125. The topological polar surface area (TPSA) is 125 Å². The minimum Gasteiger partial charge on any atom is -0.382 e. The maximum atomic E-state index is 13.1. The third kappa shape index (κ3) is 4.86. The summed E-state index contributed by atoms with van der Waals surface area (Å²) in [6.07, 6.45) is 8.04. The average molecular weight is 460 g/mol. The molecule has 0 spiro atoms. The second-order valence-electron chi connectivity index (χ2n) is 8.96. The van der Waals surface area contributed by atoms with Crippen molar-refractivity contribution in [2.75, 3.05) is 12.4 Å². The summed E-state index contributed by atoms with van der Waals surface area (Å²) in [7, 11) is 1.66. The highest BCUT2D eigenvalue weighted by Crippen LogP contribution is 2.26. The number of pyridine rings is 2. The fourth-order valence-electron chi connectivity index (χ4n) is 4.42. The molecule has 1 aliphatic rings. The highest BCUT2D eigenvalue weighted by Gasteiger charge is 2.27. The van der Waals surface area contributed by atoms with Crippen LogP contribution in [0, 0.1) is 17.2 Å². The first-order chi connectivity index (χ1) is 16.4. The van der Waals surface area contributed by atoms with Gasteiger partial charge in [-0.25, -0.2) is 9.97 Å². The second kappa shape index (κ2) is 9.91. The SMILES string of the molecule is CNC(=O)C1CCC(NC(=O)c2cnc(-n3ccc4cc(C#N)cnc43)cc2NC(C)C)CC1. The van der Waals surface area contributed by atoms with Gasteiger partial charge in [-0.1, -0.05) is 0 Å². The zero-order chi connectivity index (χ0) is 24.2. The quantitative estimate of drug-likeness (QED) is 0.520. The molecule has 3 N–H and O–H groups in total. The molecular formula is C25H29N7O2. The lowest BCUT2D eigenvalue weighted by atomic mass is 9.85. The molecule has 0 saturated heterocycles. The van der Waals surface area contributed by atoms with E-state index in [1.54, 1.807) is 19.3 Å². The minimum absolute atomic E-state index is 0.0199. The molecule has 2 amide bonds. The van der Waals surface area contributed by atoms with Crippen molar-refractivity contribution in [3.8, 4) is 11.9 Å². The van der Waals surface area contributed by atoms with E-state index in [1.807, 2.05) is 36.7 Å². The van der Waals surface area contributed by atoms with E-state index >= 15 is 0 Å². The molecule has 0 aliphatic heterocycles. The Morgan fingerprint density at radius 2 is 1.91 bits per heavy atom. The predicted octanol–water partition coefficient (Wildman–Crippen LogP) is 3.15. The lowest BCUT2D eigenvalue weighted by Gasteiger charge is -2.28. The summed E-state index contributed by atoms with van der Waals surface area (Å²) in [5.74, 6) is 0.535. The molecule has 3 aromatic rings. The van der Waals surface area contributed by atoms with E-state index in [1.165, 1.54) is 6.20 Å². The zero-order valence-electron chi connectivity index (χ0n) is 19.6. The van der Waals surface area contributed by atoms with Gasteiger partial charge in [0.1, 0.15) is 17.5 Å². The van der Waals surface area contributed by atoms with E-state index < -0.39 is 0 Å². The highest BCUT2D eigenvalue weighted by atomic mass is 16.2. The first-order valence-corrected chi connectivity index (χ1v) is 11.6. The van der Waals surface area contributed by atoms with Crippen LogP contribution >= 0.6 is 0 Å². The Morgan fingerprint density at radius 1 is 1.15 bits per heavy atom. The Hall–Kier alpha value is -3.93. The lowest BCUT2D eigenvalue weighted by Crippen LogP contribution is -2.40. The van der Waals surface area contributed by atoms with E-state index in [0.717, 1.165) is 31.1 Å². The van der Waals surface area contributed by atoms with Gasteiger partial charge in [0.05, 0.1) is 16.8 Å². The summed E-state index contributed by atoms with van der Waals surface area (Å²) in [4.78, 5) is 34.0. The number of hydrogen-bond acceptors (Lipinski definition) is 6. The van der Waals surface area contributed by atoms with E-state index in [0.29, 0.717) is 28.3 Å². The molecule has 0 radical (unpaired) electrons. The molecule has 0 atom stereocenters. The second-order valence-corrected chi connectivity index (χ2v) is 8.96. The van der Waals surface area contributed by atoms with Crippen molar-refractivity contribution < 1.29 is 9.59 Å². The number of amides is 2. The van der Waals surface area contributed by atoms with Gasteiger partial charge in [0.2, 0.25) is 5.91 Å². The van der Waals surface area contributed by atoms with Crippen molar-refractivity contribution in [3.05, 3.63) is 47.9 Å². The minimum atomic E-state index is -0.181.